The first-order chi connectivity index (χ1) is 15.1. The lowest BCUT2D eigenvalue weighted by Gasteiger charge is -2.35. The first-order valence-electron chi connectivity index (χ1n) is 11.4. The molecule has 0 amide bonds. The number of hydrogen-bond acceptors (Lipinski definition) is 6. The molecule has 2 heterocycles. The maximum atomic E-state index is 5.83. The number of rotatable bonds is 7. The zero-order valence-electron chi connectivity index (χ0n) is 18.9. The molecule has 2 unspecified atom stereocenters. The molecule has 0 saturated carbocycles. The summed E-state index contributed by atoms with van der Waals surface area (Å²) in [6.07, 6.45) is 1.81. The maximum absolute atomic E-state index is 5.83. The molecule has 2 saturated heterocycles. The SMILES string of the molecule is COc1ccc(C2CNC(Nc3ccc(CCN4CC(C)OC(C)C4)cc3)NC2)cc1. The lowest BCUT2D eigenvalue weighted by atomic mass is 9.97. The predicted molar refractivity (Wildman–Crippen MR) is 126 cm³/mol. The van der Waals surface area contributed by atoms with Crippen LogP contribution in [0.4, 0.5) is 5.69 Å². The molecule has 0 bridgehead atoms. The summed E-state index contributed by atoms with van der Waals surface area (Å²) in [7, 11) is 1.70. The van der Waals surface area contributed by atoms with Gasteiger partial charge in [0.05, 0.1) is 19.3 Å². The van der Waals surface area contributed by atoms with Crippen LogP contribution >= 0.6 is 0 Å². The van der Waals surface area contributed by atoms with E-state index in [9.17, 15) is 0 Å². The summed E-state index contributed by atoms with van der Waals surface area (Å²) in [6.45, 7) is 9.34. The number of nitrogens with zero attached hydrogens (tertiary/aromatic N) is 1. The quantitative estimate of drug-likeness (QED) is 0.635. The van der Waals surface area contributed by atoms with Gasteiger partial charge in [0.1, 0.15) is 12.0 Å². The van der Waals surface area contributed by atoms with Gasteiger partial charge in [-0.2, -0.15) is 0 Å². The highest BCUT2D eigenvalue weighted by molar-refractivity contribution is 5.45. The van der Waals surface area contributed by atoms with E-state index >= 15 is 0 Å². The van der Waals surface area contributed by atoms with Crippen molar-refractivity contribution >= 4 is 5.69 Å². The zero-order valence-corrected chi connectivity index (χ0v) is 18.9. The van der Waals surface area contributed by atoms with Gasteiger partial charge in [0.15, 0.2) is 0 Å². The molecule has 0 radical (unpaired) electrons. The first kappa shape index (κ1) is 22.1. The molecule has 3 N–H and O–H groups in total. The minimum atomic E-state index is 0.0803. The molecular formula is C25H36N4O2. The molecule has 0 aliphatic carbocycles. The van der Waals surface area contributed by atoms with Crippen LogP contribution in [0.15, 0.2) is 48.5 Å². The first-order valence-corrected chi connectivity index (χ1v) is 11.4. The van der Waals surface area contributed by atoms with Gasteiger partial charge < -0.3 is 14.8 Å². The van der Waals surface area contributed by atoms with E-state index in [1.165, 1.54) is 11.1 Å². The summed E-state index contributed by atoms with van der Waals surface area (Å²) in [5, 5.41) is 10.7. The van der Waals surface area contributed by atoms with E-state index in [0.29, 0.717) is 18.1 Å². The van der Waals surface area contributed by atoms with Crippen molar-refractivity contribution in [3.05, 3.63) is 59.7 Å². The van der Waals surface area contributed by atoms with Gasteiger partial charge in [0.25, 0.3) is 0 Å². The van der Waals surface area contributed by atoms with Crippen molar-refractivity contribution in [2.75, 3.05) is 45.2 Å². The Morgan fingerprint density at radius 1 is 0.968 bits per heavy atom. The van der Waals surface area contributed by atoms with Crippen molar-refractivity contribution < 1.29 is 9.47 Å². The number of anilines is 1. The van der Waals surface area contributed by atoms with E-state index < -0.39 is 0 Å². The van der Waals surface area contributed by atoms with Crippen molar-refractivity contribution in [1.82, 2.24) is 15.5 Å². The summed E-state index contributed by atoms with van der Waals surface area (Å²) in [5.74, 6) is 1.36. The molecule has 0 aromatic heterocycles. The van der Waals surface area contributed by atoms with E-state index in [4.69, 9.17) is 9.47 Å². The van der Waals surface area contributed by atoms with Crippen LogP contribution in [0.1, 0.15) is 30.9 Å². The standard InChI is InChI=1S/C25H36N4O2/c1-18-16-29(17-19(2)31-18)13-12-20-4-8-23(9-5-20)28-25-26-14-22(15-27-25)21-6-10-24(30-3)11-7-21/h4-11,18-19,22,25-28H,12-17H2,1-3H3. The number of benzene rings is 2. The fourth-order valence-electron chi connectivity index (χ4n) is 4.57. The Morgan fingerprint density at radius 3 is 2.23 bits per heavy atom. The van der Waals surface area contributed by atoms with Gasteiger partial charge in [-0.05, 0) is 55.7 Å². The maximum Gasteiger partial charge on any atom is 0.132 e. The fourth-order valence-corrected chi connectivity index (χ4v) is 4.57. The minimum Gasteiger partial charge on any atom is -0.497 e. The van der Waals surface area contributed by atoms with Crippen LogP contribution in [0.2, 0.25) is 0 Å². The molecule has 2 atom stereocenters. The topological polar surface area (TPSA) is 57.8 Å². The summed E-state index contributed by atoms with van der Waals surface area (Å²) in [6, 6.07) is 17.2. The van der Waals surface area contributed by atoms with Crippen LogP contribution in [0.25, 0.3) is 0 Å². The third-order valence-corrected chi connectivity index (χ3v) is 6.20. The lowest BCUT2D eigenvalue weighted by Crippen LogP contribution is -2.55. The Labute approximate surface area is 186 Å². The average Bonchev–Trinajstić information content (AvgIpc) is 2.79. The second-order valence-corrected chi connectivity index (χ2v) is 8.83. The normalized spacial score (nSPS) is 27.1. The van der Waals surface area contributed by atoms with E-state index in [-0.39, 0.29) is 6.29 Å². The monoisotopic (exact) mass is 424 g/mol. The molecule has 2 aromatic carbocycles. The van der Waals surface area contributed by atoms with Crippen molar-refractivity contribution in [3.63, 3.8) is 0 Å². The molecule has 6 nitrogen and oxygen atoms in total. The highest BCUT2D eigenvalue weighted by Gasteiger charge is 2.22. The van der Waals surface area contributed by atoms with Crippen LogP contribution < -0.4 is 20.7 Å². The smallest absolute Gasteiger partial charge is 0.132 e. The van der Waals surface area contributed by atoms with E-state index in [0.717, 1.165) is 50.6 Å². The second-order valence-electron chi connectivity index (χ2n) is 8.83. The van der Waals surface area contributed by atoms with Gasteiger partial charge >= 0.3 is 0 Å². The summed E-state index contributed by atoms with van der Waals surface area (Å²) < 4.78 is 11.1. The highest BCUT2D eigenvalue weighted by atomic mass is 16.5. The van der Waals surface area contributed by atoms with Crippen molar-refractivity contribution in [2.45, 2.75) is 44.7 Å². The van der Waals surface area contributed by atoms with Crippen LogP contribution in [0.3, 0.4) is 0 Å². The molecule has 31 heavy (non-hydrogen) atoms. The molecule has 168 valence electrons. The van der Waals surface area contributed by atoms with E-state index in [1.54, 1.807) is 7.11 Å². The number of nitrogens with one attached hydrogen (secondary N) is 3. The number of methoxy groups -OCH3 is 1. The van der Waals surface area contributed by atoms with Gasteiger partial charge in [-0.15, -0.1) is 0 Å². The van der Waals surface area contributed by atoms with E-state index in [1.807, 2.05) is 12.1 Å². The molecule has 0 spiro atoms. The van der Waals surface area contributed by atoms with Crippen molar-refractivity contribution in [1.29, 1.82) is 0 Å². The van der Waals surface area contributed by atoms with E-state index in [2.05, 4.69) is 71.1 Å². The van der Waals surface area contributed by atoms with Crippen LogP contribution in [-0.4, -0.2) is 63.2 Å². The summed E-state index contributed by atoms with van der Waals surface area (Å²) in [4.78, 5) is 2.51. The number of morpholine rings is 1. The van der Waals surface area contributed by atoms with Crippen molar-refractivity contribution in [2.24, 2.45) is 0 Å². The molecule has 2 aromatic rings. The molecule has 6 heteroatoms. The Kier molecular flexibility index (Phi) is 7.45. The van der Waals surface area contributed by atoms with Crippen LogP contribution in [0, 0.1) is 0 Å². The average molecular weight is 425 g/mol. The van der Waals surface area contributed by atoms with Crippen LogP contribution in [-0.2, 0) is 11.2 Å². The molecule has 2 aliphatic heterocycles. The lowest BCUT2D eigenvalue weighted by molar-refractivity contribution is -0.0675. The second kappa shape index (κ2) is 10.5. The Hall–Kier alpha value is -2.12. The molecule has 2 fully saturated rings. The third-order valence-electron chi connectivity index (χ3n) is 6.20. The summed E-state index contributed by atoms with van der Waals surface area (Å²) in [5.41, 5.74) is 3.83. The number of hydrogen-bond donors (Lipinski definition) is 3. The van der Waals surface area contributed by atoms with Crippen LogP contribution in [0.5, 0.6) is 5.75 Å². The Balaban J connectivity index is 1.21. The Bertz CT molecular complexity index is 793. The summed E-state index contributed by atoms with van der Waals surface area (Å²) >= 11 is 0. The van der Waals surface area contributed by atoms with Gasteiger partial charge in [0, 0.05) is 44.3 Å². The van der Waals surface area contributed by atoms with Gasteiger partial charge in [-0.25, -0.2) is 0 Å². The number of ether oxygens (including phenoxy) is 2. The highest BCUT2D eigenvalue weighted by Crippen LogP contribution is 2.21. The van der Waals surface area contributed by atoms with Gasteiger partial charge in [-0.1, -0.05) is 24.3 Å². The predicted octanol–water partition coefficient (Wildman–Crippen LogP) is 3.02. The zero-order chi connectivity index (χ0) is 21.6. The molecular weight excluding hydrogens is 388 g/mol. The largest absolute Gasteiger partial charge is 0.497 e. The minimum absolute atomic E-state index is 0.0803. The van der Waals surface area contributed by atoms with Crippen molar-refractivity contribution in [3.8, 4) is 5.75 Å². The van der Waals surface area contributed by atoms with Gasteiger partial charge in [-0.3, -0.25) is 15.5 Å². The fraction of sp³-hybridized carbons (Fsp3) is 0.520. The Morgan fingerprint density at radius 2 is 1.61 bits per heavy atom. The van der Waals surface area contributed by atoms with Gasteiger partial charge in [0.2, 0.25) is 0 Å². The molecule has 4 rings (SSSR count). The third kappa shape index (κ3) is 6.20. The molecule has 2 aliphatic rings.